The minimum absolute atomic E-state index is 0.185. The first-order chi connectivity index (χ1) is 7.27. The normalized spacial score (nSPS) is 26.3. The monoisotopic (exact) mass is 317 g/mol. The van der Waals surface area contributed by atoms with Gasteiger partial charge >= 0.3 is 0 Å². The minimum atomic E-state index is -0.185. The van der Waals surface area contributed by atoms with Crippen LogP contribution < -0.4 is 5.32 Å². The molecule has 1 aliphatic rings. The van der Waals surface area contributed by atoms with Gasteiger partial charge < -0.3 is 10.4 Å². The van der Waals surface area contributed by atoms with Gasteiger partial charge in [-0.25, -0.2) is 0 Å². The number of rotatable bonds is 2. The Bertz CT molecular complexity index is 329. The summed E-state index contributed by atoms with van der Waals surface area (Å²) in [6.07, 6.45) is 4.20. The summed E-state index contributed by atoms with van der Waals surface area (Å²) < 4.78 is 1.22. The number of anilines is 1. The van der Waals surface area contributed by atoms with Gasteiger partial charge in [-0.05, 0) is 47.6 Å². The molecule has 1 aromatic carbocycles. The fourth-order valence-corrected chi connectivity index (χ4v) is 2.60. The highest BCUT2D eigenvalue weighted by Gasteiger charge is 2.22. The van der Waals surface area contributed by atoms with E-state index in [2.05, 4.69) is 40.0 Å². The van der Waals surface area contributed by atoms with Crippen LogP contribution >= 0.6 is 22.6 Å². The number of nitrogens with one attached hydrogen (secondary N) is 1. The highest BCUT2D eigenvalue weighted by Crippen LogP contribution is 2.24. The van der Waals surface area contributed by atoms with Crippen molar-refractivity contribution in [1.82, 2.24) is 0 Å². The molecule has 0 saturated heterocycles. The molecule has 0 bridgehead atoms. The Kier molecular flexibility index (Phi) is 3.86. The molecule has 0 aliphatic heterocycles. The van der Waals surface area contributed by atoms with Gasteiger partial charge in [0.2, 0.25) is 0 Å². The number of aliphatic hydroxyl groups excluding tert-OH is 1. The van der Waals surface area contributed by atoms with Crippen LogP contribution in [0.4, 0.5) is 5.69 Å². The standard InChI is InChI=1S/C12H16INO/c13-9-5-1-2-6-10(9)14-11-7-3-4-8-12(11)15/h1-2,5-6,11-12,14-15H,3-4,7-8H2/t11-,12-/m1/s1. The van der Waals surface area contributed by atoms with Crippen molar-refractivity contribution < 1.29 is 5.11 Å². The van der Waals surface area contributed by atoms with E-state index in [1.807, 2.05) is 12.1 Å². The topological polar surface area (TPSA) is 32.3 Å². The average molecular weight is 317 g/mol. The van der Waals surface area contributed by atoms with E-state index in [0.29, 0.717) is 0 Å². The van der Waals surface area contributed by atoms with Crippen LogP contribution in [-0.4, -0.2) is 17.3 Å². The Hall–Kier alpha value is -0.290. The van der Waals surface area contributed by atoms with Crippen LogP contribution in [0.1, 0.15) is 25.7 Å². The maximum Gasteiger partial charge on any atom is 0.0741 e. The molecule has 1 saturated carbocycles. The summed E-state index contributed by atoms with van der Waals surface area (Å²) in [5.74, 6) is 0. The minimum Gasteiger partial charge on any atom is -0.391 e. The number of hydrogen-bond donors (Lipinski definition) is 2. The molecular weight excluding hydrogens is 301 g/mol. The van der Waals surface area contributed by atoms with Gasteiger partial charge in [0.1, 0.15) is 0 Å². The van der Waals surface area contributed by atoms with Gasteiger partial charge in [-0.15, -0.1) is 0 Å². The van der Waals surface area contributed by atoms with Gasteiger partial charge in [-0.2, -0.15) is 0 Å². The molecule has 3 heteroatoms. The fourth-order valence-electron chi connectivity index (χ4n) is 2.06. The Morgan fingerprint density at radius 3 is 2.67 bits per heavy atom. The zero-order valence-electron chi connectivity index (χ0n) is 8.62. The van der Waals surface area contributed by atoms with Crippen molar-refractivity contribution >= 4 is 28.3 Å². The van der Waals surface area contributed by atoms with E-state index in [1.54, 1.807) is 0 Å². The molecule has 0 unspecified atom stereocenters. The lowest BCUT2D eigenvalue weighted by molar-refractivity contribution is 0.116. The Labute approximate surface area is 104 Å². The van der Waals surface area contributed by atoms with Gasteiger partial charge in [-0.1, -0.05) is 25.0 Å². The van der Waals surface area contributed by atoms with Crippen molar-refractivity contribution in [3.05, 3.63) is 27.8 Å². The molecule has 1 fully saturated rings. The van der Waals surface area contributed by atoms with E-state index in [-0.39, 0.29) is 12.1 Å². The Balaban J connectivity index is 2.04. The molecule has 0 amide bonds. The smallest absolute Gasteiger partial charge is 0.0741 e. The highest BCUT2D eigenvalue weighted by atomic mass is 127. The second-order valence-corrected chi connectivity index (χ2v) is 5.24. The largest absolute Gasteiger partial charge is 0.391 e. The van der Waals surface area contributed by atoms with Gasteiger partial charge in [-0.3, -0.25) is 0 Å². The van der Waals surface area contributed by atoms with Crippen molar-refractivity contribution in [3.63, 3.8) is 0 Å². The fraction of sp³-hybridized carbons (Fsp3) is 0.500. The summed E-state index contributed by atoms with van der Waals surface area (Å²) in [6.45, 7) is 0. The first kappa shape index (κ1) is 11.2. The SMILES string of the molecule is O[C@@H]1CCCC[C@H]1Nc1ccccc1I. The lowest BCUT2D eigenvalue weighted by Crippen LogP contribution is -2.36. The first-order valence-corrected chi connectivity index (χ1v) is 6.54. The number of halogens is 1. The predicted molar refractivity (Wildman–Crippen MR) is 71.0 cm³/mol. The summed E-state index contributed by atoms with van der Waals surface area (Å²) >= 11 is 2.32. The quantitative estimate of drug-likeness (QED) is 0.822. The molecule has 0 spiro atoms. The molecule has 1 aromatic rings. The van der Waals surface area contributed by atoms with E-state index in [4.69, 9.17) is 0 Å². The van der Waals surface area contributed by atoms with Crippen LogP contribution in [0.15, 0.2) is 24.3 Å². The number of benzene rings is 1. The zero-order chi connectivity index (χ0) is 10.7. The predicted octanol–water partition coefficient (Wildman–Crippen LogP) is 3.01. The third-order valence-corrected chi connectivity index (χ3v) is 3.88. The van der Waals surface area contributed by atoms with Crippen molar-refractivity contribution in [2.45, 2.75) is 37.8 Å². The van der Waals surface area contributed by atoms with Crippen molar-refractivity contribution in [1.29, 1.82) is 0 Å². The van der Waals surface area contributed by atoms with Crippen molar-refractivity contribution in [2.24, 2.45) is 0 Å². The number of para-hydroxylation sites is 1. The van der Waals surface area contributed by atoms with Crippen LogP contribution in [0.25, 0.3) is 0 Å². The summed E-state index contributed by atoms with van der Waals surface area (Å²) in [4.78, 5) is 0. The molecule has 82 valence electrons. The second-order valence-electron chi connectivity index (χ2n) is 4.08. The van der Waals surface area contributed by atoms with Gasteiger partial charge in [0.25, 0.3) is 0 Å². The first-order valence-electron chi connectivity index (χ1n) is 5.46. The van der Waals surface area contributed by atoms with Crippen LogP contribution in [0.5, 0.6) is 0 Å². The molecule has 15 heavy (non-hydrogen) atoms. The van der Waals surface area contributed by atoms with Crippen LogP contribution in [-0.2, 0) is 0 Å². The third kappa shape index (κ3) is 2.84. The molecule has 1 aliphatic carbocycles. The van der Waals surface area contributed by atoms with Crippen LogP contribution in [0.2, 0.25) is 0 Å². The molecule has 2 rings (SSSR count). The second kappa shape index (κ2) is 5.16. The molecule has 2 nitrogen and oxygen atoms in total. The third-order valence-electron chi connectivity index (χ3n) is 2.94. The van der Waals surface area contributed by atoms with Crippen molar-refractivity contribution in [3.8, 4) is 0 Å². The number of hydrogen-bond acceptors (Lipinski definition) is 2. The molecule has 2 N–H and O–H groups in total. The van der Waals surface area contributed by atoms with E-state index in [0.717, 1.165) is 24.9 Å². The summed E-state index contributed by atoms with van der Waals surface area (Å²) in [5.41, 5.74) is 1.14. The lowest BCUT2D eigenvalue weighted by atomic mass is 9.92. The molecule has 0 heterocycles. The van der Waals surface area contributed by atoms with E-state index >= 15 is 0 Å². The summed E-state index contributed by atoms with van der Waals surface area (Å²) in [7, 11) is 0. The summed E-state index contributed by atoms with van der Waals surface area (Å²) in [6, 6.07) is 8.44. The van der Waals surface area contributed by atoms with Gasteiger partial charge in [0.05, 0.1) is 12.1 Å². The van der Waals surface area contributed by atoms with Crippen LogP contribution in [0, 0.1) is 3.57 Å². The maximum absolute atomic E-state index is 9.86. The van der Waals surface area contributed by atoms with Gasteiger partial charge in [0, 0.05) is 9.26 Å². The molecule has 0 aromatic heterocycles. The lowest BCUT2D eigenvalue weighted by Gasteiger charge is -2.29. The highest BCUT2D eigenvalue weighted by molar-refractivity contribution is 14.1. The van der Waals surface area contributed by atoms with E-state index in [1.165, 1.54) is 9.99 Å². The summed E-state index contributed by atoms with van der Waals surface area (Å²) in [5, 5.41) is 13.3. The average Bonchev–Trinajstić information content (AvgIpc) is 2.24. The van der Waals surface area contributed by atoms with Gasteiger partial charge in [0.15, 0.2) is 0 Å². The molecular formula is C12H16INO. The van der Waals surface area contributed by atoms with Crippen molar-refractivity contribution in [2.75, 3.05) is 5.32 Å². The maximum atomic E-state index is 9.86. The molecule has 0 radical (unpaired) electrons. The van der Waals surface area contributed by atoms with Crippen LogP contribution in [0.3, 0.4) is 0 Å². The zero-order valence-corrected chi connectivity index (χ0v) is 10.8. The Morgan fingerprint density at radius 2 is 1.93 bits per heavy atom. The Morgan fingerprint density at radius 1 is 1.20 bits per heavy atom. The number of aliphatic hydroxyl groups is 1. The molecule has 2 atom stereocenters. The van der Waals surface area contributed by atoms with E-state index in [9.17, 15) is 5.11 Å². The van der Waals surface area contributed by atoms with E-state index < -0.39 is 0 Å².